The van der Waals surface area contributed by atoms with Gasteiger partial charge in [-0.25, -0.2) is 13.6 Å². The number of amides is 1. The zero-order valence-corrected chi connectivity index (χ0v) is 14.4. The van der Waals surface area contributed by atoms with Gasteiger partial charge in [0.2, 0.25) is 15.9 Å². The minimum absolute atomic E-state index is 0.00250. The lowest BCUT2D eigenvalue weighted by molar-refractivity contribution is -0.117. The van der Waals surface area contributed by atoms with E-state index in [-0.39, 0.29) is 16.8 Å². The van der Waals surface area contributed by atoms with Crippen LogP contribution in [0.4, 0.5) is 5.69 Å². The first-order chi connectivity index (χ1) is 11.3. The lowest BCUT2D eigenvalue weighted by atomic mass is 10.1. The molecule has 7 heteroatoms. The molecule has 2 atom stereocenters. The number of hydrogen-bond acceptors (Lipinski definition) is 4. The molecular formula is C17H21N3O3S. The molecule has 0 fully saturated rings. The summed E-state index contributed by atoms with van der Waals surface area (Å²) in [6, 6.07) is 15.2. The average Bonchev–Trinajstić information content (AvgIpc) is 2.55. The van der Waals surface area contributed by atoms with Crippen LogP contribution in [0, 0.1) is 0 Å². The molecule has 24 heavy (non-hydrogen) atoms. The maximum Gasteiger partial charge on any atom is 0.241 e. The number of sulfonamides is 1. The molecule has 4 N–H and O–H groups in total. The first-order valence-corrected chi connectivity index (χ1v) is 9.07. The van der Waals surface area contributed by atoms with Gasteiger partial charge >= 0.3 is 0 Å². The SMILES string of the molecule is CC(NC(C)c1ccccc1)C(=O)Nc1cccc(S(N)(=O)=O)c1. The monoisotopic (exact) mass is 347 g/mol. The molecule has 0 aliphatic rings. The van der Waals surface area contributed by atoms with Gasteiger partial charge in [-0.05, 0) is 37.6 Å². The van der Waals surface area contributed by atoms with Crippen molar-refractivity contribution >= 4 is 21.6 Å². The predicted octanol–water partition coefficient (Wildman–Crippen LogP) is 2.01. The third-order valence-corrected chi connectivity index (χ3v) is 4.53. The highest BCUT2D eigenvalue weighted by Crippen LogP contribution is 2.15. The van der Waals surface area contributed by atoms with E-state index in [1.807, 2.05) is 37.3 Å². The van der Waals surface area contributed by atoms with Crippen LogP contribution >= 0.6 is 0 Å². The molecular weight excluding hydrogens is 326 g/mol. The number of hydrogen-bond donors (Lipinski definition) is 3. The Kier molecular flexibility index (Phi) is 5.71. The van der Waals surface area contributed by atoms with Crippen LogP contribution in [0.15, 0.2) is 59.5 Å². The number of benzene rings is 2. The highest BCUT2D eigenvalue weighted by Gasteiger charge is 2.17. The molecule has 2 unspecified atom stereocenters. The van der Waals surface area contributed by atoms with Gasteiger partial charge in [0.15, 0.2) is 0 Å². The van der Waals surface area contributed by atoms with E-state index in [4.69, 9.17) is 5.14 Å². The lowest BCUT2D eigenvalue weighted by Gasteiger charge is -2.20. The van der Waals surface area contributed by atoms with E-state index in [1.54, 1.807) is 13.0 Å². The zero-order chi connectivity index (χ0) is 17.7. The van der Waals surface area contributed by atoms with Gasteiger partial charge in [-0.2, -0.15) is 0 Å². The number of carbonyl (C=O) groups is 1. The maximum atomic E-state index is 12.3. The minimum atomic E-state index is -3.80. The minimum Gasteiger partial charge on any atom is -0.325 e. The molecule has 2 aromatic rings. The van der Waals surface area contributed by atoms with E-state index < -0.39 is 16.1 Å². The van der Waals surface area contributed by atoms with Crippen molar-refractivity contribution < 1.29 is 13.2 Å². The molecule has 0 aliphatic heterocycles. The molecule has 0 heterocycles. The first kappa shape index (κ1) is 18.1. The maximum absolute atomic E-state index is 12.3. The normalized spacial score (nSPS) is 14.0. The van der Waals surface area contributed by atoms with Crippen LogP contribution in [0.25, 0.3) is 0 Å². The van der Waals surface area contributed by atoms with Crippen molar-refractivity contribution in [2.24, 2.45) is 5.14 Å². The van der Waals surface area contributed by atoms with Gasteiger partial charge in [-0.1, -0.05) is 36.4 Å². The Hall–Kier alpha value is -2.22. The van der Waals surface area contributed by atoms with Crippen molar-refractivity contribution in [3.05, 3.63) is 60.2 Å². The highest BCUT2D eigenvalue weighted by molar-refractivity contribution is 7.89. The molecule has 1 amide bonds. The fourth-order valence-electron chi connectivity index (χ4n) is 2.29. The molecule has 0 bridgehead atoms. The molecule has 128 valence electrons. The van der Waals surface area contributed by atoms with Crippen LogP contribution in [-0.4, -0.2) is 20.4 Å². The Labute approximate surface area is 142 Å². The summed E-state index contributed by atoms with van der Waals surface area (Å²) in [5.41, 5.74) is 1.46. The first-order valence-electron chi connectivity index (χ1n) is 7.52. The van der Waals surface area contributed by atoms with Crippen molar-refractivity contribution in [3.63, 3.8) is 0 Å². The second-order valence-electron chi connectivity index (χ2n) is 5.58. The summed E-state index contributed by atoms with van der Waals surface area (Å²) in [5, 5.41) is 11.0. The second-order valence-corrected chi connectivity index (χ2v) is 7.14. The fourth-order valence-corrected chi connectivity index (χ4v) is 2.85. The van der Waals surface area contributed by atoms with Gasteiger partial charge in [0, 0.05) is 11.7 Å². The van der Waals surface area contributed by atoms with E-state index in [1.165, 1.54) is 18.2 Å². The van der Waals surface area contributed by atoms with Crippen LogP contribution in [0.3, 0.4) is 0 Å². The molecule has 2 rings (SSSR count). The third kappa shape index (κ3) is 4.89. The van der Waals surface area contributed by atoms with Gasteiger partial charge in [-0.15, -0.1) is 0 Å². The van der Waals surface area contributed by atoms with Crippen molar-refractivity contribution in [1.82, 2.24) is 5.32 Å². The van der Waals surface area contributed by atoms with E-state index >= 15 is 0 Å². The molecule has 0 saturated carbocycles. The van der Waals surface area contributed by atoms with Crippen LogP contribution in [0.2, 0.25) is 0 Å². The molecule has 0 radical (unpaired) electrons. The van der Waals surface area contributed by atoms with Gasteiger partial charge in [-0.3, -0.25) is 10.1 Å². The smallest absolute Gasteiger partial charge is 0.241 e. The summed E-state index contributed by atoms with van der Waals surface area (Å²) in [4.78, 5) is 12.2. The third-order valence-electron chi connectivity index (χ3n) is 3.62. The Bertz CT molecular complexity index is 807. The molecule has 0 spiro atoms. The molecule has 0 saturated heterocycles. The number of anilines is 1. The Morgan fingerprint density at radius 2 is 1.71 bits per heavy atom. The van der Waals surface area contributed by atoms with Crippen LogP contribution in [0.1, 0.15) is 25.5 Å². The average molecular weight is 347 g/mol. The zero-order valence-electron chi connectivity index (χ0n) is 13.6. The standard InChI is InChI=1S/C17H21N3O3S/c1-12(14-7-4-3-5-8-14)19-13(2)17(21)20-15-9-6-10-16(11-15)24(18,22)23/h3-13,19H,1-2H3,(H,20,21)(H2,18,22,23). The van der Waals surface area contributed by atoms with Gasteiger partial charge in [0.25, 0.3) is 0 Å². The van der Waals surface area contributed by atoms with Crippen LogP contribution < -0.4 is 15.8 Å². The van der Waals surface area contributed by atoms with E-state index in [2.05, 4.69) is 10.6 Å². The topological polar surface area (TPSA) is 101 Å². The Morgan fingerprint density at radius 1 is 1.04 bits per heavy atom. The molecule has 6 nitrogen and oxygen atoms in total. The predicted molar refractivity (Wildman–Crippen MR) is 93.9 cm³/mol. The second kappa shape index (κ2) is 7.57. The molecule has 2 aromatic carbocycles. The van der Waals surface area contributed by atoms with Gasteiger partial charge in [0.05, 0.1) is 10.9 Å². The lowest BCUT2D eigenvalue weighted by Crippen LogP contribution is -2.39. The van der Waals surface area contributed by atoms with E-state index in [0.717, 1.165) is 5.56 Å². The highest BCUT2D eigenvalue weighted by atomic mass is 32.2. The van der Waals surface area contributed by atoms with Crippen molar-refractivity contribution in [3.8, 4) is 0 Å². The van der Waals surface area contributed by atoms with Gasteiger partial charge < -0.3 is 5.32 Å². The van der Waals surface area contributed by atoms with E-state index in [9.17, 15) is 13.2 Å². The summed E-state index contributed by atoms with van der Waals surface area (Å²) >= 11 is 0. The van der Waals surface area contributed by atoms with Crippen molar-refractivity contribution in [2.75, 3.05) is 5.32 Å². The van der Waals surface area contributed by atoms with Crippen LogP contribution in [0.5, 0.6) is 0 Å². The fraction of sp³-hybridized carbons (Fsp3) is 0.235. The Morgan fingerprint density at radius 3 is 2.33 bits per heavy atom. The molecule has 0 aromatic heterocycles. The number of nitrogens with two attached hydrogens (primary N) is 1. The number of primary sulfonamides is 1. The van der Waals surface area contributed by atoms with Crippen LogP contribution in [-0.2, 0) is 14.8 Å². The largest absolute Gasteiger partial charge is 0.325 e. The quantitative estimate of drug-likeness (QED) is 0.744. The molecule has 0 aliphatic carbocycles. The summed E-state index contributed by atoms with van der Waals surface area (Å²) < 4.78 is 22.7. The number of nitrogens with one attached hydrogen (secondary N) is 2. The number of rotatable bonds is 6. The van der Waals surface area contributed by atoms with E-state index in [0.29, 0.717) is 5.69 Å². The summed E-state index contributed by atoms with van der Waals surface area (Å²) in [5.74, 6) is -0.260. The Balaban J connectivity index is 2.02. The van der Waals surface area contributed by atoms with Crippen molar-refractivity contribution in [2.45, 2.75) is 30.8 Å². The summed E-state index contributed by atoms with van der Waals surface area (Å²) in [6.45, 7) is 3.72. The number of carbonyl (C=O) groups excluding carboxylic acids is 1. The summed E-state index contributed by atoms with van der Waals surface area (Å²) in [7, 11) is -3.80. The van der Waals surface area contributed by atoms with Gasteiger partial charge in [0.1, 0.15) is 0 Å². The van der Waals surface area contributed by atoms with Crippen molar-refractivity contribution in [1.29, 1.82) is 0 Å². The summed E-state index contributed by atoms with van der Waals surface area (Å²) in [6.07, 6.45) is 0.